The first-order valence-electron chi connectivity index (χ1n) is 7.50. The van der Waals surface area contributed by atoms with E-state index in [0.29, 0.717) is 12.1 Å². The normalized spacial score (nSPS) is 20.7. The summed E-state index contributed by atoms with van der Waals surface area (Å²) >= 11 is 0. The van der Waals surface area contributed by atoms with Crippen LogP contribution >= 0.6 is 0 Å². The fourth-order valence-electron chi connectivity index (χ4n) is 2.89. The van der Waals surface area contributed by atoms with E-state index < -0.39 is 0 Å². The molecule has 0 radical (unpaired) electrons. The minimum Gasteiger partial charge on any atom is -0.378 e. The van der Waals surface area contributed by atoms with E-state index in [1.165, 1.54) is 35.1 Å². The van der Waals surface area contributed by atoms with E-state index in [9.17, 15) is 0 Å². The van der Waals surface area contributed by atoms with E-state index >= 15 is 0 Å². The lowest BCUT2D eigenvalue weighted by Gasteiger charge is -2.19. The lowest BCUT2D eigenvalue weighted by Crippen LogP contribution is -2.24. The van der Waals surface area contributed by atoms with Crippen LogP contribution in [0.25, 0.3) is 0 Å². The van der Waals surface area contributed by atoms with E-state index in [4.69, 9.17) is 4.74 Å². The number of aryl methyl sites for hydroxylation is 3. The Kier molecular flexibility index (Phi) is 5.00. The quantitative estimate of drug-likeness (QED) is 0.869. The zero-order chi connectivity index (χ0) is 13.8. The summed E-state index contributed by atoms with van der Waals surface area (Å²) in [7, 11) is 0. The van der Waals surface area contributed by atoms with Crippen LogP contribution in [0.4, 0.5) is 0 Å². The molecule has 1 fully saturated rings. The molecule has 0 spiro atoms. The predicted octanol–water partition coefficient (Wildman–Crippen LogP) is 3.83. The van der Waals surface area contributed by atoms with Gasteiger partial charge in [0, 0.05) is 12.6 Å². The first-order chi connectivity index (χ1) is 9.08. The molecule has 0 amide bonds. The summed E-state index contributed by atoms with van der Waals surface area (Å²) in [6.07, 6.45) is 4.09. The van der Waals surface area contributed by atoms with E-state index in [-0.39, 0.29) is 0 Å². The molecule has 1 saturated heterocycles. The maximum Gasteiger partial charge on any atom is 0.0588 e. The Morgan fingerprint density at radius 1 is 1.21 bits per heavy atom. The highest BCUT2D eigenvalue weighted by Crippen LogP contribution is 2.22. The van der Waals surface area contributed by atoms with Crippen molar-refractivity contribution in [3.8, 4) is 0 Å². The van der Waals surface area contributed by atoms with Gasteiger partial charge >= 0.3 is 0 Å². The Balaban J connectivity index is 1.88. The molecule has 0 bridgehead atoms. The Morgan fingerprint density at radius 3 is 2.63 bits per heavy atom. The molecule has 2 heteroatoms. The van der Waals surface area contributed by atoms with Gasteiger partial charge in [-0.3, -0.25) is 0 Å². The Hall–Kier alpha value is -0.860. The van der Waals surface area contributed by atoms with E-state index in [2.05, 4.69) is 45.1 Å². The van der Waals surface area contributed by atoms with Crippen molar-refractivity contribution in [3.05, 3.63) is 34.4 Å². The van der Waals surface area contributed by atoms with Crippen LogP contribution in [-0.4, -0.2) is 19.3 Å². The van der Waals surface area contributed by atoms with Crippen molar-refractivity contribution >= 4 is 0 Å². The molecule has 19 heavy (non-hydrogen) atoms. The Labute approximate surface area is 117 Å². The van der Waals surface area contributed by atoms with Crippen molar-refractivity contribution < 1.29 is 4.74 Å². The minimum atomic E-state index is 0.417. The smallest absolute Gasteiger partial charge is 0.0588 e. The van der Waals surface area contributed by atoms with Crippen LogP contribution < -0.4 is 5.32 Å². The molecule has 0 aromatic heterocycles. The summed E-state index contributed by atoms with van der Waals surface area (Å²) in [5, 5.41) is 3.63. The molecule has 2 unspecified atom stereocenters. The molecule has 1 aromatic carbocycles. The molecular formula is C17H27NO. The first kappa shape index (κ1) is 14.5. The van der Waals surface area contributed by atoms with Crippen LogP contribution in [0.3, 0.4) is 0 Å². The summed E-state index contributed by atoms with van der Waals surface area (Å²) in [6.45, 7) is 10.8. The SMILES string of the molecule is Cc1cc(C)c(C(C)NCCC2CCCO2)cc1C. The predicted molar refractivity (Wildman–Crippen MR) is 80.7 cm³/mol. The maximum atomic E-state index is 5.66. The molecule has 2 rings (SSSR count). The Morgan fingerprint density at radius 2 is 1.95 bits per heavy atom. The van der Waals surface area contributed by atoms with Gasteiger partial charge < -0.3 is 10.1 Å². The van der Waals surface area contributed by atoms with Gasteiger partial charge in [0.25, 0.3) is 0 Å². The first-order valence-corrected chi connectivity index (χ1v) is 7.50. The molecule has 106 valence electrons. The van der Waals surface area contributed by atoms with E-state index in [1.807, 2.05) is 0 Å². The molecule has 2 atom stereocenters. The highest BCUT2D eigenvalue weighted by atomic mass is 16.5. The monoisotopic (exact) mass is 261 g/mol. The van der Waals surface area contributed by atoms with Crippen molar-refractivity contribution in [1.29, 1.82) is 0 Å². The lowest BCUT2D eigenvalue weighted by atomic mass is 9.96. The van der Waals surface area contributed by atoms with Crippen molar-refractivity contribution in [2.75, 3.05) is 13.2 Å². The van der Waals surface area contributed by atoms with Gasteiger partial charge in [-0.05, 0) is 75.8 Å². The second-order valence-electron chi connectivity index (χ2n) is 5.89. The van der Waals surface area contributed by atoms with Crippen LogP contribution in [0.1, 0.15) is 54.5 Å². The molecular weight excluding hydrogens is 234 g/mol. The van der Waals surface area contributed by atoms with Gasteiger partial charge in [-0.15, -0.1) is 0 Å². The molecule has 1 heterocycles. The summed E-state index contributed by atoms with van der Waals surface area (Å²) in [5.41, 5.74) is 5.58. The molecule has 1 aliphatic rings. The zero-order valence-corrected chi connectivity index (χ0v) is 12.8. The lowest BCUT2D eigenvalue weighted by molar-refractivity contribution is 0.103. The number of ether oxygens (including phenoxy) is 1. The van der Waals surface area contributed by atoms with Crippen LogP contribution in [0.2, 0.25) is 0 Å². The number of rotatable bonds is 5. The van der Waals surface area contributed by atoms with Crippen LogP contribution in [-0.2, 0) is 4.74 Å². The van der Waals surface area contributed by atoms with E-state index in [0.717, 1.165) is 19.6 Å². The number of benzene rings is 1. The molecule has 2 nitrogen and oxygen atoms in total. The molecule has 1 N–H and O–H groups in total. The summed E-state index contributed by atoms with van der Waals surface area (Å²) in [4.78, 5) is 0. The van der Waals surface area contributed by atoms with Crippen LogP contribution in [0, 0.1) is 20.8 Å². The average Bonchev–Trinajstić information content (AvgIpc) is 2.86. The van der Waals surface area contributed by atoms with Gasteiger partial charge in [0.1, 0.15) is 0 Å². The molecule has 0 saturated carbocycles. The molecule has 1 aromatic rings. The third-order valence-electron chi connectivity index (χ3n) is 4.29. The second-order valence-corrected chi connectivity index (χ2v) is 5.89. The Bertz CT molecular complexity index is 422. The number of nitrogens with one attached hydrogen (secondary N) is 1. The molecule has 1 aliphatic heterocycles. The van der Waals surface area contributed by atoms with Crippen molar-refractivity contribution in [2.45, 2.75) is 59.1 Å². The highest BCUT2D eigenvalue weighted by molar-refractivity contribution is 5.37. The minimum absolute atomic E-state index is 0.417. The average molecular weight is 261 g/mol. The van der Waals surface area contributed by atoms with Crippen molar-refractivity contribution in [1.82, 2.24) is 5.32 Å². The fraction of sp³-hybridized carbons (Fsp3) is 0.647. The number of hydrogen-bond donors (Lipinski definition) is 1. The van der Waals surface area contributed by atoms with Gasteiger partial charge in [-0.25, -0.2) is 0 Å². The van der Waals surface area contributed by atoms with Gasteiger partial charge in [0.15, 0.2) is 0 Å². The van der Waals surface area contributed by atoms with Crippen molar-refractivity contribution in [2.24, 2.45) is 0 Å². The van der Waals surface area contributed by atoms with Gasteiger partial charge in [0.05, 0.1) is 6.10 Å². The summed E-state index contributed by atoms with van der Waals surface area (Å²) in [6, 6.07) is 5.04. The number of hydrogen-bond acceptors (Lipinski definition) is 2. The van der Waals surface area contributed by atoms with E-state index in [1.54, 1.807) is 0 Å². The van der Waals surface area contributed by atoms with Gasteiger partial charge in [-0.1, -0.05) is 12.1 Å². The fourth-order valence-corrected chi connectivity index (χ4v) is 2.89. The summed E-state index contributed by atoms with van der Waals surface area (Å²) in [5.74, 6) is 0. The summed E-state index contributed by atoms with van der Waals surface area (Å²) < 4.78 is 5.66. The largest absolute Gasteiger partial charge is 0.378 e. The zero-order valence-electron chi connectivity index (χ0n) is 12.8. The van der Waals surface area contributed by atoms with Crippen LogP contribution in [0.15, 0.2) is 12.1 Å². The van der Waals surface area contributed by atoms with Gasteiger partial charge in [0.2, 0.25) is 0 Å². The van der Waals surface area contributed by atoms with Crippen molar-refractivity contribution in [3.63, 3.8) is 0 Å². The maximum absolute atomic E-state index is 5.66. The van der Waals surface area contributed by atoms with Gasteiger partial charge in [-0.2, -0.15) is 0 Å². The highest BCUT2D eigenvalue weighted by Gasteiger charge is 2.16. The third-order valence-corrected chi connectivity index (χ3v) is 4.29. The third kappa shape index (κ3) is 3.80. The topological polar surface area (TPSA) is 21.3 Å². The second kappa shape index (κ2) is 6.53. The standard InChI is InChI=1S/C17H27NO/c1-12-10-14(3)17(11-13(12)2)15(4)18-8-7-16-6-5-9-19-16/h10-11,15-16,18H,5-9H2,1-4H3. The molecule has 0 aliphatic carbocycles. The van der Waals surface area contributed by atoms with Crippen LogP contribution in [0.5, 0.6) is 0 Å².